The molecule has 0 unspecified atom stereocenters. The number of hydrogen-bond acceptors (Lipinski definition) is 6. The van der Waals surface area contributed by atoms with Crippen LogP contribution in [-0.4, -0.2) is 28.1 Å². The Morgan fingerprint density at radius 3 is 2.74 bits per heavy atom. The SMILES string of the molecule is Nn1c(SCc2cc(Cl)c3c(c2)OCCCO3)nnc1-c1ccccc1Cl. The Bertz CT molecular complexity index is 980. The van der Waals surface area contributed by atoms with Gasteiger partial charge < -0.3 is 15.3 Å². The largest absolute Gasteiger partial charge is 0.489 e. The van der Waals surface area contributed by atoms with E-state index in [0.29, 0.717) is 51.5 Å². The van der Waals surface area contributed by atoms with Gasteiger partial charge in [-0.2, -0.15) is 0 Å². The number of ether oxygens (including phenoxy) is 2. The van der Waals surface area contributed by atoms with Crippen molar-refractivity contribution in [3.8, 4) is 22.9 Å². The zero-order chi connectivity index (χ0) is 18.8. The molecule has 6 nitrogen and oxygen atoms in total. The molecule has 2 aromatic carbocycles. The number of thioether (sulfide) groups is 1. The average molecular weight is 423 g/mol. The Morgan fingerprint density at radius 1 is 1.07 bits per heavy atom. The lowest BCUT2D eigenvalue weighted by molar-refractivity contribution is 0.297. The van der Waals surface area contributed by atoms with Crippen LogP contribution in [0.1, 0.15) is 12.0 Å². The van der Waals surface area contributed by atoms with E-state index in [4.69, 9.17) is 38.5 Å². The Kier molecular flexibility index (Phi) is 5.33. The predicted molar refractivity (Wildman–Crippen MR) is 107 cm³/mol. The third-order valence-corrected chi connectivity index (χ3v) is 5.63. The summed E-state index contributed by atoms with van der Waals surface area (Å²) in [5.41, 5.74) is 1.72. The number of fused-ring (bicyclic) bond motifs is 1. The van der Waals surface area contributed by atoms with Gasteiger partial charge in [-0.1, -0.05) is 47.1 Å². The maximum Gasteiger partial charge on any atom is 0.210 e. The zero-order valence-corrected chi connectivity index (χ0v) is 16.5. The summed E-state index contributed by atoms with van der Waals surface area (Å²) in [7, 11) is 0. The van der Waals surface area contributed by atoms with E-state index in [1.54, 1.807) is 6.07 Å². The lowest BCUT2D eigenvalue weighted by Crippen LogP contribution is -2.11. The number of nitrogen functional groups attached to an aromatic ring is 1. The molecular weight excluding hydrogens is 407 g/mol. The molecule has 0 saturated heterocycles. The standard InChI is InChI=1S/C18H16Cl2N4O2S/c19-13-5-2-1-4-12(13)17-22-23-18(24(17)21)27-10-11-8-14(20)16-15(9-11)25-6-3-7-26-16/h1-2,4-5,8-9H,3,6-7,10,21H2. The van der Waals surface area contributed by atoms with Crippen molar-refractivity contribution in [1.82, 2.24) is 14.9 Å². The lowest BCUT2D eigenvalue weighted by atomic mass is 10.2. The van der Waals surface area contributed by atoms with Gasteiger partial charge in [0.25, 0.3) is 0 Å². The van der Waals surface area contributed by atoms with Crippen LogP contribution in [0, 0.1) is 0 Å². The summed E-state index contributed by atoms with van der Waals surface area (Å²) in [6, 6.07) is 11.2. The van der Waals surface area contributed by atoms with E-state index in [1.165, 1.54) is 16.4 Å². The first kappa shape index (κ1) is 18.3. The number of nitrogens with zero attached hydrogens (tertiary/aromatic N) is 3. The van der Waals surface area contributed by atoms with Crippen LogP contribution in [-0.2, 0) is 5.75 Å². The number of benzene rings is 2. The number of aromatic nitrogens is 3. The van der Waals surface area contributed by atoms with E-state index in [1.807, 2.05) is 30.3 Å². The zero-order valence-electron chi connectivity index (χ0n) is 14.2. The monoisotopic (exact) mass is 422 g/mol. The van der Waals surface area contributed by atoms with Gasteiger partial charge in [-0.05, 0) is 29.8 Å². The van der Waals surface area contributed by atoms with Gasteiger partial charge in [0.15, 0.2) is 17.3 Å². The second-order valence-corrected chi connectivity index (χ2v) is 7.66. The maximum atomic E-state index is 6.35. The van der Waals surface area contributed by atoms with E-state index in [0.717, 1.165) is 17.5 Å². The van der Waals surface area contributed by atoms with E-state index < -0.39 is 0 Å². The van der Waals surface area contributed by atoms with Gasteiger partial charge in [0.05, 0.1) is 23.3 Å². The minimum atomic E-state index is 0.514. The highest BCUT2D eigenvalue weighted by atomic mass is 35.5. The molecule has 3 aromatic rings. The van der Waals surface area contributed by atoms with Gasteiger partial charge in [-0.3, -0.25) is 0 Å². The van der Waals surface area contributed by atoms with Crippen LogP contribution in [0.4, 0.5) is 0 Å². The molecule has 1 aliphatic heterocycles. The molecule has 9 heteroatoms. The van der Waals surface area contributed by atoms with Crippen molar-refractivity contribution >= 4 is 35.0 Å². The van der Waals surface area contributed by atoms with Crippen molar-refractivity contribution in [1.29, 1.82) is 0 Å². The van der Waals surface area contributed by atoms with Gasteiger partial charge in [-0.25, -0.2) is 4.68 Å². The van der Waals surface area contributed by atoms with Crippen LogP contribution in [0.15, 0.2) is 41.6 Å². The third kappa shape index (κ3) is 3.81. The van der Waals surface area contributed by atoms with Crippen molar-refractivity contribution in [2.75, 3.05) is 19.1 Å². The van der Waals surface area contributed by atoms with Gasteiger partial charge in [-0.15, -0.1) is 10.2 Å². The molecule has 1 aromatic heterocycles. The van der Waals surface area contributed by atoms with Crippen molar-refractivity contribution < 1.29 is 9.47 Å². The van der Waals surface area contributed by atoms with Crippen LogP contribution < -0.4 is 15.3 Å². The first-order chi connectivity index (χ1) is 13.1. The fraction of sp³-hybridized carbons (Fsp3) is 0.222. The molecule has 0 amide bonds. The second kappa shape index (κ2) is 7.88. The molecule has 0 atom stereocenters. The first-order valence-electron chi connectivity index (χ1n) is 8.29. The smallest absolute Gasteiger partial charge is 0.210 e. The number of hydrogen-bond donors (Lipinski definition) is 1. The fourth-order valence-corrected chi connectivity index (χ4v) is 4.01. The summed E-state index contributed by atoms with van der Waals surface area (Å²) in [4.78, 5) is 0. The molecule has 1 aliphatic rings. The van der Waals surface area contributed by atoms with Crippen LogP contribution in [0.3, 0.4) is 0 Å². The van der Waals surface area contributed by atoms with Crippen molar-refractivity contribution in [2.24, 2.45) is 0 Å². The Balaban J connectivity index is 1.54. The molecule has 4 rings (SSSR count). The van der Waals surface area contributed by atoms with Gasteiger partial charge >= 0.3 is 0 Å². The van der Waals surface area contributed by atoms with Gasteiger partial charge in [0.2, 0.25) is 5.16 Å². The highest BCUT2D eigenvalue weighted by Crippen LogP contribution is 2.39. The molecule has 0 bridgehead atoms. The normalized spacial score (nSPS) is 13.4. The summed E-state index contributed by atoms with van der Waals surface area (Å²) < 4.78 is 12.8. The lowest BCUT2D eigenvalue weighted by Gasteiger charge is -2.11. The van der Waals surface area contributed by atoms with Crippen molar-refractivity contribution in [3.63, 3.8) is 0 Å². The Labute approximate surface area is 170 Å². The summed E-state index contributed by atoms with van der Waals surface area (Å²) >= 11 is 14.0. The number of rotatable bonds is 4. The molecular formula is C18H16Cl2N4O2S. The van der Waals surface area contributed by atoms with E-state index in [9.17, 15) is 0 Å². The highest BCUT2D eigenvalue weighted by Gasteiger charge is 2.18. The summed E-state index contributed by atoms with van der Waals surface area (Å²) in [5, 5.41) is 10.0. The molecule has 140 valence electrons. The van der Waals surface area contributed by atoms with Crippen LogP contribution >= 0.6 is 35.0 Å². The molecule has 0 radical (unpaired) electrons. The van der Waals surface area contributed by atoms with Crippen LogP contribution in [0.25, 0.3) is 11.4 Å². The second-order valence-electron chi connectivity index (χ2n) is 5.90. The van der Waals surface area contributed by atoms with E-state index >= 15 is 0 Å². The summed E-state index contributed by atoms with van der Waals surface area (Å²) in [5.74, 6) is 8.56. The summed E-state index contributed by atoms with van der Waals surface area (Å²) in [6.07, 6.45) is 0.830. The van der Waals surface area contributed by atoms with Gasteiger partial charge in [0, 0.05) is 17.7 Å². The van der Waals surface area contributed by atoms with Crippen molar-refractivity contribution in [2.45, 2.75) is 17.3 Å². The Hall–Kier alpha value is -2.09. The minimum Gasteiger partial charge on any atom is -0.489 e. The highest BCUT2D eigenvalue weighted by molar-refractivity contribution is 7.98. The molecule has 27 heavy (non-hydrogen) atoms. The van der Waals surface area contributed by atoms with Gasteiger partial charge in [0.1, 0.15) is 0 Å². The van der Waals surface area contributed by atoms with Crippen LogP contribution in [0.5, 0.6) is 11.5 Å². The Morgan fingerprint density at radius 2 is 1.89 bits per heavy atom. The first-order valence-corrected chi connectivity index (χ1v) is 10.0. The molecule has 0 aliphatic carbocycles. The topological polar surface area (TPSA) is 75.2 Å². The molecule has 0 spiro atoms. The average Bonchev–Trinajstić information content (AvgIpc) is 2.87. The fourth-order valence-electron chi connectivity index (χ4n) is 2.72. The molecule has 0 fully saturated rings. The third-order valence-electron chi connectivity index (χ3n) is 4.01. The summed E-state index contributed by atoms with van der Waals surface area (Å²) in [6.45, 7) is 1.21. The van der Waals surface area contributed by atoms with E-state index in [2.05, 4.69) is 10.2 Å². The molecule has 0 saturated carbocycles. The van der Waals surface area contributed by atoms with E-state index in [-0.39, 0.29) is 0 Å². The van der Waals surface area contributed by atoms with Crippen molar-refractivity contribution in [3.05, 3.63) is 52.0 Å². The molecule has 2 heterocycles. The number of nitrogens with two attached hydrogens (primary N) is 1. The predicted octanol–water partition coefficient (Wildman–Crippen LogP) is 4.42. The molecule has 2 N–H and O–H groups in total. The maximum absolute atomic E-state index is 6.35. The quantitative estimate of drug-likeness (QED) is 0.495. The number of halogens is 2. The van der Waals surface area contributed by atoms with Crippen LogP contribution in [0.2, 0.25) is 10.0 Å². The minimum absolute atomic E-state index is 0.514.